The van der Waals surface area contributed by atoms with Crippen LogP contribution in [-0.2, 0) is 27.4 Å². The van der Waals surface area contributed by atoms with E-state index in [1.165, 1.54) is 30.4 Å². The number of amides is 2. The molecule has 1 heterocycles. The van der Waals surface area contributed by atoms with E-state index in [1.54, 1.807) is 53.4 Å². The summed E-state index contributed by atoms with van der Waals surface area (Å²) in [7, 11) is 1.52. The number of benzene rings is 2. The summed E-state index contributed by atoms with van der Waals surface area (Å²) < 4.78 is 29.4. The van der Waals surface area contributed by atoms with Gasteiger partial charge in [0, 0.05) is 25.2 Å². The van der Waals surface area contributed by atoms with Crippen molar-refractivity contribution in [3.8, 4) is 5.75 Å². The number of methoxy groups -OCH3 is 1. The summed E-state index contributed by atoms with van der Waals surface area (Å²) in [5, 5.41) is 0.559. The van der Waals surface area contributed by atoms with Gasteiger partial charge in [0.05, 0.1) is 26.0 Å². The molecule has 3 rings (SSSR count). The summed E-state index contributed by atoms with van der Waals surface area (Å²) in [6.45, 7) is 0.499. The standard InChI is InChI=1S/C25H26ClFN2O5/c1-32-14-12-28(25(31)18-34-22-10-6-20(26)7-11-22)17-24(30)29(16-23-3-2-13-33-23)15-19-4-8-21(27)9-5-19/h2-11,13H,12,14-18H2,1H3. The molecule has 0 unspecified atom stereocenters. The number of hydrogen-bond acceptors (Lipinski definition) is 5. The van der Waals surface area contributed by atoms with Crippen molar-refractivity contribution in [2.24, 2.45) is 0 Å². The highest BCUT2D eigenvalue weighted by atomic mass is 35.5. The number of carbonyl (C=O) groups excluding carboxylic acids is 2. The van der Waals surface area contributed by atoms with Gasteiger partial charge in [-0.2, -0.15) is 0 Å². The average Bonchev–Trinajstić information content (AvgIpc) is 3.35. The molecule has 0 atom stereocenters. The Bertz CT molecular complexity index is 1040. The maximum atomic E-state index is 13.3. The third-order valence-corrected chi connectivity index (χ3v) is 5.24. The Hall–Kier alpha value is -3.36. The van der Waals surface area contributed by atoms with Gasteiger partial charge >= 0.3 is 0 Å². The summed E-state index contributed by atoms with van der Waals surface area (Å²) in [4.78, 5) is 29.0. The summed E-state index contributed by atoms with van der Waals surface area (Å²) >= 11 is 5.87. The van der Waals surface area contributed by atoms with Gasteiger partial charge in [-0.05, 0) is 54.1 Å². The smallest absolute Gasteiger partial charge is 0.261 e. The van der Waals surface area contributed by atoms with Gasteiger partial charge in [-0.25, -0.2) is 4.39 Å². The van der Waals surface area contributed by atoms with E-state index in [4.69, 9.17) is 25.5 Å². The van der Waals surface area contributed by atoms with E-state index >= 15 is 0 Å². The van der Waals surface area contributed by atoms with Gasteiger partial charge in [0.15, 0.2) is 6.61 Å². The molecule has 0 spiro atoms. The molecule has 0 fully saturated rings. The second-order valence-electron chi connectivity index (χ2n) is 7.51. The predicted molar refractivity (Wildman–Crippen MR) is 125 cm³/mol. The molecule has 0 aliphatic rings. The van der Waals surface area contributed by atoms with Crippen LogP contribution in [-0.4, -0.2) is 55.0 Å². The fourth-order valence-electron chi connectivity index (χ4n) is 3.16. The first-order valence-corrected chi connectivity index (χ1v) is 11.0. The van der Waals surface area contributed by atoms with Gasteiger partial charge < -0.3 is 23.7 Å². The van der Waals surface area contributed by atoms with Crippen LogP contribution < -0.4 is 4.74 Å². The van der Waals surface area contributed by atoms with Gasteiger partial charge in [0.25, 0.3) is 5.91 Å². The number of hydrogen-bond donors (Lipinski definition) is 0. The molecule has 2 aromatic carbocycles. The van der Waals surface area contributed by atoms with E-state index in [-0.39, 0.29) is 57.0 Å². The van der Waals surface area contributed by atoms with Crippen molar-refractivity contribution in [1.29, 1.82) is 0 Å². The van der Waals surface area contributed by atoms with E-state index in [0.717, 1.165) is 5.56 Å². The monoisotopic (exact) mass is 488 g/mol. The summed E-state index contributed by atoms with van der Waals surface area (Å²) in [6, 6.07) is 16.1. The maximum absolute atomic E-state index is 13.3. The van der Waals surface area contributed by atoms with E-state index in [9.17, 15) is 14.0 Å². The van der Waals surface area contributed by atoms with Crippen LogP contribution in [0.3, 0.4) is 0 Å². The van der Waals surface area contributed by atoms with Gasteiger partial charge in [-0.1, -0.05) is 23.7 Å². The zero-order valence-electron chi connectivity index (χ0n) is 18.8. The van der Waals surface area contributed by atoms with Crippen molar-refractivity contribution in [2.75, 3.05) is 33.4 Å². The minimum absolute atomic E-state index is 0.173. The van der Waals surface area contributed by atoms with Crippen LogP contribution in [0.2, 0.25) is 5.02 Å². The Kier molecular flexibility index (Phi) is 9.49. The molecule has 0 N–H and O–H groups in total. The molecule has 180 valence electrons. The molecule has 9 heteroatoms. The molecule has 7 nitrogen and oxygen atoms in total. The lowest BCUT2D eigenvalue weighted by atomic mass is 10.2. The van der Waals surface area contributed by atoms with Crippen molar-refractivity contribution in [3.05, 3.63) is 89.1 Å². The average molecular weight is 489 g/mol. The Balaban J connectivity index is 1.68. The van der Waals surface area contributed by atoms with E-state index in [2.05, 4.69) is 0 Å². The van der Waals surface area contributed by atoms with Crippen LogP contribution in [0.15, 0.2) is 71.3 Å². The molecule has 0 saturated carbocycles. The Morgan fingerprint density at radius 1 is 0.971 bits per heavy atom. The van der Waals surface area contributed by atoms with Crippen LogP contribution in [0.5, 0.6) is 5.75 Å². The van der Waals surface area contributed by atoms with Crippen LogP contribution in [0.1, 0.15) is 11.3 Å². The van der Waals surface area contributed by atoms with Crippen molar-refractivity contribution in [3.63, 3.8) is 0 Å². The molecule has 0 radical (unpaired) electrons. The lowest BCUT2D eigenvalue weighted by Gasteiger charge is -2.27. The maximum Gasteiger partial charge on any atom is 0.261 e. The SMILES string of the molecule is COCCN(CC(=O)N(Cc1ccc(F)cc1)Cc1ccco1)C(=O)COc1ccc(Cl)cc1. The quantitative estimate of drug-likeness (QED) is 0.383. The van der Waals surface area contributed by atoms with Crippen LogP contribution in [0, 0.1) is 5.82 Å². The van der Waals surface area contributed by atoms with Gasteiger partial charge in [-0.15, -0.1) is 0 Å². The Labute approximate surface area is 202 Å². The normalized spacial score (nSPS) is 10.7. The molecule has 34 heavy (non-hydrogen) atoms. The molecule has 1 aromatic heterocycles. The number of halogens is 2. The van der Waals surface area contributed by atoms with Gasteiger partial charge in [0.1, 0.15) is 17.3 Å². The summed E-state index contributed by atoms with van der Waals surface area (Å²) in [6.07, 6.45) is 1.53. The molecule has 3 aromatic rings. The largest absolute Gasteiger partial charge is 0.484 e. The number of ether oxygens (including phenoxy) is 2. The molecular formula is C25H26ClFN2O5. The lowest BCUT2D eigenvalue weighted by Crippen LogP contribution is -2.45. The highest BCUT2D eigenvalue weighted by Gasteiger charge is 2.23. The molecular weight excluding hydrogens is 463 g/mol. The van der Waals surface area contributed by atoms with Gasteiger partial charge in [0.2, 0.25) is 5.91 Å². The summed E-state index contributed by atoms with van der Waals surface area (Å²) in [5.74, 6) is 0.0734. The van der Waals surface area contributed by atoms with Crippen molar-refractivity contribution < 1.29 is 27.9 Å². The highest BCUT2D eigenvalue weighted by molar-refractivity contribution is 6.30. The molecule has 2 amide bonds. The molecule has 0 bridgehead atoms. The number of furan rings is 1. The fourth-order valence-corrected chi connectivity index (χ4v) is 3.28. The van der Waals surface area contributed by atoms with E-state index in [0.29, 0.717) is 16.5 Å². The second kappa shape index (κ2) is 12.8. The lowest BCUT2D eigenvalue weighted by molar-refractivity contribution is -0.143. The number of rotatable bonds is 12. The first-order valence-electron chi connectivity index (χ1n) is 10.6. The highest BCUT2D eigenvalue weighted by Crippen LogP contribution is 2.16. The topological polar surface area (TPSA) is 72.2 Å². The molecule has 0 saturated heterocycles. The second-order valence-corrected chi connectivity index (χ2v) is 7.94. The summed E-state index contributed by atoms with van der Waals surface area (Å²) in [5.41, 5.74) is 0.752. The van der Waals surface area contributed by atoms with Crippen LogP contribution in [0.25, 0.3) is 0 Å². The minimum atomic E-state index is -0.361. The van der Waals surface area contributed by atoms with Crippen molar-refractivity contribution in [1.82, 2.24) is 9.80 Å². The Morgan fingerprint density at radius 3 is 2.35 bits per heavy atom. The Morgan fingerprint density at radius 2 is 1.71 bits per heavy atom. The fraction of sp³-hybridized carbons (Fsp3) is 0.280. The molecule has 0 aliphatic heterocycles. The third kappa shape index (κ3) is 7.90. The van der Waals surface area contributed by atoms with Crippen LogP contribution >= 0.6 is 11.6 Å². The third-order valence-electron chi connectivity index (χ3n) is 4.99. The van der Waals surface area contributed by atoms with Crippen molar-refractivity contribution in [2.45, 2.75) is 13.1 Å². The first kappa shape index (κ1) is 25.3. The molecule has 0 aliphatic carbocycles. The van der Waals surface area contributed by atoms with E-state index in [1.807, 2.05) is 0 Å². The zero-order valence-corrected chi connectivity index (χ0v) is 19.5. The predicted octanol–water partition coefficient (Wildman–Crippen LogP) is 4.15. The minimum Gasteiger partial charge on any atom is -0.484 e. The number of carbonyl (C=O) groups is 2. The van der Waals surface area contributed by atoms with Crippen LogP contribution in [0.4, 0.5) is 4.39 Å². The zero-order chi connectivity index (χ0) is 24.3. The first-order chi connectivity index (χ1) is 16.4. The van der Waals surface area contributed by atoms with Gasteiger partial charge in [-0.3, -0.25) is 9.59 Å². The number of nitrogens with zero attached hydrogens (tertiary/aromatic N) is 2. The van der Waals surface area contributed by atoms with Crippen molar-refractivity contribution >= 4 is 23.4 Å². The van der Waals surface area contributed by atoms with E-state index < -0.39 is 0 Å².